The molecule has 3 N–H and O–H groups in total. The molecule has 0 radical (unpaired) electrons. The molecule has 2 rings (SSSR count). The van der Waals surface area contributed by atoms with Crippen molar-refractivity contribution in [1.82, 2.24) is 0 Å². The molecule has 98 valence electrons. The van der Waals surface area contributed by atoms with Crippen molar-refractivity contribution >= 4 is 17.2 Å². The molecule has 0 fully saturated rings. The molecule has 0 saturated carbocycles. The number of halogens is 1. The number of aryl methyl sites for hydroxylation is 1. The van der Waals surface area contributed by atoms with Crippen LogP contribution >= 0.6 is 0 Å². The first-order valence-corrected chi connectivity index (χ1v) is 5.94. The van der Waals surface area contributed by atoms with E-state index in [1.165, 1.54) is 6.07 Å². The van der Waals surface area contributed by atoms with E-state index in [0.717, 1.165) is 11.3 Å². The van der Waals surface area contributed by atoms with E-state index in [-0.39, 0.29) is 11.7 Å². The van der Waals surface area contributed by atoms with Crippen molar-refractivity contribution in [2.75, 3.05) is 11.9 Å². The van der Waals surface area contributed by atoms with Crippen LogP contribution < -0.4 is 10.6 Å². The van der Waals surface area contributed by atoms with Gasteiger partial charge in [-0.3, -0.25) is 5.41 Å². The van der Waals surface area contributed by atoms with E-state index >= 15 is 0 Å². The lowest BCUT2D eigenvalue weighted by Crippen LogP contribution is -2.15. The number of nitrogen functional groups attached to an aromatic ring is 1. The lowest BCUT2D eigenvalue weighted by atomic mass is 10.1. The zero-order chi connectivity index (χ0) is 14.0. The van der Waals surface area contributed by atoms with Gasteiger partial charge in [-0.2, -0.15) is 0 Å². The third kappa shape index (κ3) is 2.57. The molecule has 4 heteroatoms. The molecule has 19 heavy (non-hydrogen) atoms. The smallest absolute Gasteiger partial charge is 0.146 e. The van der Waals surface area contributed by atoms with Gasteiger partial charge in [0, 0.05) is 18.3 Å². The number of benzene rings is 2. The van der Waals surface area contributed by atoms with Gasteiger partial charge in [0.25, 0.3) is 0 Å². The van der Waals surface area contributed by atoms with E-state index in [9.17, 15) is 4.39 Å². The zero-order valence-corrected chi connectivity index (χ0v) is 10.9. The number of amidine groups is 1. The molecule has 3 nitrogen and oxygen atoms in total. The molecule has 0 atom stereocenters. The minimum Gasteiger partial charge on any atom is -0.384 e. The Morgan fingerprint density at radius 2 is 1.89 bits per heavy atom. The molecule has 0 aromatic heterocycles. The Bertz CT molecular complexity index is 623. The molecule has 0 amide bonds. The highest BCUT2D eigenvalue weighted by atomic mass is 19.1. The van der Waals surface area contributed by atoms with Crippen LogP contribution in [-0.4, -0.2) is 12.9 Å². The first-order chi connectivity index (χ1) is 9.00. The van der Waals surface area contributed by atoms with E-state index in [4.69, 9.17) is 11.1 Å². The van der Waals surface area contributed by atoms with Gasteiger partial charge in [0.1, 0.15) is 11.7 Å². The molecule has 0 unspecified atom stereocenters. The normalized spacial score (nSPS) is 10.3. The van der Waals surface area contributed by atoms with Crippen LogP contribution in [0.5, 0.6) is 0 Å². The van der Waals surface area contributed by atoms with Crippen LogP contribution in [0.1, 0.15) is 11.1 Å². The van der Waals surface area contributed by atoms with Crippen LogP contribution in [0, 0.1) is 18.2 Å². The molecule has 0 bridgehead atoms. The Balaban J connectivity index is 2.40. The number of nitrogens with two attached hydrogens (primary N) is 1. The third-order valence-electron chi connectivity index (χ3n) is 3.10. The Morgan fingerprint density at radius 1 is 1.21 bits per heavy atom. The molecule has 0 aliphatic heterocycles. The summed E-state index contributed by atoms with van der Waals surface area (Å²) in [5, 5.41) is 7.46. The van der Waals surface area contributed by atoms with Gasteiger partial charge in [0.15, 0.2) is 0 Å². The van der Waals surface area contributed by atoms with Crippen molar-refractivity contribution in [3.05, 3.63) is 59.4 Å². The quantitative estimate of drug-likeness (QED) is 0.655. The minimum absolute atomic E-state index is 0.0394. The number of hydrogen-bond donors (Lipinski definition) is 2. The summed E-state index contributed by atoms with van der Waals surface area (Å²) in [5.41, 5.74) is 8.45. The van der Waals surface area contributed by atoms with Crippen molar-refractivity contribution in [2.45, 2.75) is 6.92 Å². The van der Waals surface area contributed by atoms with Crippen LogP contribution in [-0.2, 0) is 0 Å². The number of rotatable bonds is 3. The fourth-order valence-corrected chi connectivity index (χ4v) is 2.02. The maximum atomic E-state index is 13.7. The van der Waals surface area contributed by atoms with Gasteiger partial charge < -0.3 is 10.6 Å². The first-order valence-electron chi connectivity index (χ1n) is 5.94. The molecule has 0 heterocycles. The van der Waals surface area contributed by atoms with Gasteiger partial charge in [-0.15, -0.1) is 0 Å². The van der Waals surface area contributed by atoms with Crippen molar-refractivity contribution in [1.29, 1.82) is 5.41 Å². The Labute approximate surface area is 112 Å². The van der Waals surface area contributed by atoms with Crippen LogP contribution in [0.2, 0.25) is 0 Å². The maximum Gasteiger partial charge on any atom is 0.146 e. The number of para-hydroxylation sites is 1. The summed E-state index contributed by atoms with van der Waals surface area (Å²) in [6.07, 6.45) is 0. The van der Waals surface area contributed by atoms with Gasteiger partial charge >= 0.3 is 0 Å². The summed E-state index contributed by atoms with van der Waals surface area (Å²) in [6.45, 7) is 1.88. The topological polar surface area (TPSA) is 53.1 Å². The highest BCUT2D eigenvalue weighted by molar-refractivity contribution is 5.96. The van der Waals surface area contributed by atoms with Gasteiger partial charge in [0.2, 0.25) is 0 Å². The van der Waals surface area contributed by atoms with E-state index in [2.05, 4.69) is 0 Å². The number of nitrogens with one attached hydrogen (secondary N) is 1. The molecule has 0 aliphatic rings. The first kappa shape index (κ1) is 13.1. The van der Waals surface area contributed by atoms with Crippen LogP contribution in [0.15, 0.2) is 42.5 Å². The molecule has 0 aliphatic carbocycles. The second-order valence-electron chi connectivity index (χ2n) is 4.42. The minimum atomic E-state index is -0.265. The second kappa shape index (κ2) is 5.10. The highest BCUT2D eigenvalue weighted by Crippen LogP contribution is 2.27. The Hall–Kier alpha value is -2.36. The average molecular weight is 257 g/mol. The predicted octanol–water partition coefficient (Wildman–Crippen LogP) is 3.19. The van der Waals surface area contributed by atoms with Crippen LogP contribution in [0.25, 0.3) is 0 Å². The average Bonchev–Trinajstić information content (AvgIpc) is 2.38. The SMILES string of the molecule is Cc1cc(N(C)c2ccccc2F)ccc1C(=N)N. The summed E-state index contributed by atoms with van der Waals surface area (Å²) in [5.74, 6) is -0.226. The molecular formula is C15H16FN3. The zero-order valence-electron chi connectivity index (χ0n) is 10.9. The van der Waals surface area contributed by atoms with Gasteiger partial charge in [-0.25, -0.2) is 4.39 Å². The summed E-state index contributed by atoms with van der Waals surface area (Å²) >= 11 is 0. The van der Waals surface area contributed by atoms with Crippen LogP contribution in [0.3, 0.4) is 0 Å². The molecule has 0 spiro atoms. The molecule has 0 saturated heterocycles. The van der Waals surface area contributed by atoms with Gasteiger partial charge in [-0.1, -0.05) is 12.1 Å². The number of hydrogen-bond acceptors (Lipinski definition) is 2. The largest absolute Gasteiger partial charge is 0.384 e. The number of anilines is 2. The predicted molar refractivity (Wildman–Crippen MR) is 76.7 cm³/mol. The maximum absolute atomic E-state index is 13.7. The fraction of sp³-hybridized carbons (Fsp3) is 0.133. The summed E-state index contributed by atoms with van der Waals surface area (Å²) in [4.78, 5) is 1.77. The number of nitrogens with zero attached hydrogens (tertiary/aromatic N) is 1. The lowest BCUT2D eigenvalue weighted by molar-refractivity contribution is 0.627. The van der Waals surface area contributed by atoms with Crippen molar-refractivity contribution < 1.29 is 4.39 Å². The highest BCUT2D eigenvalue weighted by Gasteiger charge is 2.10. The Morgan fingerprint density at radius 3 is 2.47 bits per heavy atom. The molecule has 2 aromatic carbocycles. The summed E-state index contributed by atoms with van der Waals surface area (Å²) < 4.78 is 13.7. The Kier molecular flexibility index (Phi) is 3.51. The van der Waals surface area contributed by atoms with E-state index in [1.807, 2.05) is 19.1 Å². The van der Waals surface area contributed by atoms with E-state index in [0.29, 0.717) is 11.3 Å². The van der Waals surface area contributed by atoms with Gasteiger partial charge in [0.05, 0.1) is 5.69 Å². The summed E-state index contributed by atoms with van der Waals surface area (Å²) in [7, 11) is 1.81. The van der Waals surface area contributed by atoms with E-state index in [1.54, 1.807) is 36.2 Å². The fourth-order valence-electron chi connectivity index (χ4n) is 2.02. The monoisotopic (exact) mass is 257 g/mol. The summed E-state index contributed by atoms with van der Waals surface area (Å²) in [6, 6.07) is 12.1. The van der Waals surface area contributed by atoms with Gasteiger partial charge in [-0.05, 0) is 42.8 Å². The third-order valence-corrected chi connectivity index (χ3v) is 3.10. The standard InChI is InChI=1S/C15H16FN3/c1-10-9-11(7-8-12(10)15(17)18)19(2)14-6-4-3-5-13(14)16/h3-9H,1-2H3,(H3,17,18). The van der Waals surface area contributed by atoms with Crippen molar-refractivity contribution in [3.8, 4) is 0 Å². The second-order valence-corrected chi connectivity index (χ2v) is 4.42. The van der Waals surface area contributed by atoms with Crippen molar-refractivity contribution in [3.63, 3.8) is 0 Å². The van der Waals surface area contributed by atoms with E-state index < -0.39 is 0 Å². The lowest BCUT2D eigenvalue weighted by Gasteiger charge is -2.21. The van der Waals surface area contributed by atoms with Crippen molar-refractivity contribution in [2.24, 2.45) is 5.73 Å². The molecular weight excluding hydrogens is 241 g/mol. The van der Waals surface area contributed by atoms with Crippen LogP contribution in [0.4, 0.5) is 15.8 Å². The molecule has 2 aromatic rings.